The molecule has 6 nitrogen and oxygen atoms in total. The summed E-state index contributed by atoms with van der Waals surface area (Å²) in [4.78, 5) is 13.6. The minimum absolute atomic E-state index is 0.0428. The molecule has 3 aliphatic heterocycles. The van der Waals surface area contributed by atoms with Gasteiger partial charge in [-0.2, -0.15) is 18.4 Å². The average Bonchev–Trinajstić information content (AvgIpc) is 2.94. The molecule has 1 saturated carbocycles. The molecule has 2 bridgehead atoms. The van der Waals surface area contributed by atoms with E-state index in [2.05, 4.69) is 0 Å². The number of nitrogens with zero attached hydrogens (tertiary/aromatic N) is 3. The van der Waals surface area contributed by atoms with Gasteiger partial charge in [0.2, 0.25) is 15.9 Å². The Kier molecular flexibility index (Phi) is 4.16. The van der Waals surface area contributed by atoms with Crippen molar-refractivity contribution >= 4 is 21.6 Å². The fraction of sp³-hybridized carbons (Fsp3) is 0.556. The second-order valence-corrected chi connectivity index (χ2v) is 9.64. The predicted molar refractivity (Wildman–Crippen MR) is 93.6 cm³/mol. The van der Waals surface area contributed by atoms with Crippen LogP contribution >= 0.6 is 0 Å². The van der Waals surface area contributed by atoms with Gasteiger partial charge in [-0.05, 0) is 37.0 Å². The fourth-order valence-electron chi connectivity index (χ4n) is 5.07. The molecule has 4 fully saturated rings. The Morgan fingerprint density at radius 3 is 2.57 bits per heavy atom. The van der Waals surface area contributed by atoms with Gasteiger partial charge in [0.15, 0.2) is 0 Å². The van der Waals surface area contributed by atoms with Crippen molar-refractivity contribution in [2.24, 2.45) is 11.8 Å². The standard InChI is InChI=1S/C18H18F3N3O3S/c1-10(25)23-8-12-3-5-16(23)14-9-24(28(26,27)17(12)14)13-4-2-11(7-22)15(6-13)18(19,20)21/h2,4,6,12,14,16-17H,3,5,8-9H2,1H3/t12-,14+,16-,17-/m1/s1. The minimum Gasteiger partial charge on any atom is -0.339 e. The first kappa shape index (κ1) is 19.1. The van der Waals surface area contributed by atoms with Crippen molar-refractivity contribution in [1.29, 1.82) is 5.26 Å². The number of anilines is 1. The lowest BCUT2D eigenvalue weighted by molar-refractivity contribution is -0.139. The van der Waals surface area contributed by atoms with Crippen molar-refractivity contribution in [3.05, 3.63) is 29.3 Å². The number of amides is 1. The van der Waals surface area contributed by atoms with Crippen molar-refractivity contribution in [1.82, 2.24) is 4.90 Å². The molecular formula is C18H18F3N3O3S. The maximum atomic E-state index is 13.3. The number of carbonyl (C=O) groups excluding carboxylic acids is 1. The van der Waals surface area contributed by atoms with Crippen LogP contribution in [0, 0.1) is 23.2 Å². The molecule has 0 aromatic heterocycles. The van der Waals surface area contributed by atoms with Gasteiger partial charge in [0, 0.05) is 32.0 Å². The third-order valence-electron chi connectivity index (χ3n) is 6.19. The molecule has 0 spiro atoms. The molecule has 1 aromatic rings. The molecule has 1 amide bonds. The van der Waals surface area contributed by atoms with E-state index in [1.807, 2.05) is 0 Å². The first-order valence-electron chi connectivity index (χ1n) is 8.96. The lowest BCUT2D eigenvalue weighted by atomic mass is 9.72. The van der Waals surface area contributed by atoms with Gasteiger partial charge in [0.1, 0.15) is 0 Å². The lowest BCUT2D eigenvalue weighted by Gasteiger charge is -2.50. The molecule has 4 aliphatic rings. The predicted octanol–water partition coefficient (Wildman–Crippen LogP) is 2.35. The Balaban J connectivity index is 1.76. The van der Waals surface area contributed by atoms with E-state index in [0.717, 1.165) is 16.4 Å². The van der Waals surface area contributed by atoms with Crippen LogP contribution in [0.3, 0.4) is 0 Å². The highest BCUT2D eigenvalue weighted by atomic mass is 32.2. The monoisotopic (exact) mass is 413 g/mol. The number of halogens is 3. The number of carbonyl (C=O) groups is 1. The maximum absolute atomic E-state index is 13.3. The van der Waals surface area contributed by atoms with E-state index >= 15 is 0 Å². The summed E-state index contributed by atoms with van der Waals surface area (Å²) in [6.07, 6.45) is -3.37. The normalized spacial score (nSPS) is 30.8. The summed E-state index contributed by atoms with van der Waals surface area (Å²) in [7, 11) is -3.86. The molecular weight excluding hydrogens is 395 g/mol. The molecule has 0 radical (unpaired) electrons. The number of piperidine rings is 2. The summed E-state index contributed by atoms with van der Waals surface area (Å²) in [6, 6.07) is 4.27. The van der Waals surface area contributed by atoms with Crippen LogP contribution < -0.4 is 4.31 Å². The van der Waals surface area contributed by atoms with Crippen LogP contribution in [-0.4, -0.2) is 43.6 Å². The molecule has 28 heavy (non-hydrogen) atoms. The van der Waals surface area contributed by atoms with Crippen LogP contribution in [0.25, 0.3) is 0 Å². The number of benzene rings is 1. The molecule has 0 unspecified atom stereocenters. The summed E-state index contributed by atoms with van der Waals surface area (Å²) < 4.78 is 67.3. The zero-order chi connectivity index (χ0) is 20.4. The Labute approximate surface area is 160 Å². The Morgan fingerprint density at radius 2 is 1.96 bits per heavy atom. The smallest absolute Gasteiger partial charge is 0.339 e. The fourth-order valence-corrected chi connectivity index (χ4v) is 7.57. The largest absolute Gasteiger partial charge is 0.417 e. The number of fused-ring (bicyclic) bond motifs is 2. The number of hydrogen-bond donors (Lipinski definition) is 0. The van der Waals surface area contributed by atoms with Gasteiger partial charge >= 0.3 is 6.18 Å². The van der Waals surface area contributed by atoms with Crippen LogP contribution in [0.15, 0.2) is 18.2 Å². The third kappa shape index (κ3) is 2.67. The number of sulfonamides is 1. The van der Waals surface area contributed by atoms with Gasteiger partial charge in [-0.15, -0.1) is 0 Å². The molecule has 0 N–H and O–H groups in total. The number of hydrogen-bond acceptors (Lipinski definition) is 4. The molecule has 150 valence electrons. The van der Waals surface area contributed by atoms with E-state index in [1.54, 1.807) is 4.90 Å². The van der Waals surface area contributed by atoms with Gasteiger partial charge in [-0.3, -0.25) is 9.10 Å². The highest BCUT2D eigenvalue weighted by Crippen LogP contribution is 2.49. The third-order valence-corrected chi connectivity index (χ3v) is 8.59. The van der Waals surface area contributed by atoms with Gasteiger partial charge in [-0.1, -0.05) is 0 Å². The molecule has 3 heterocycles. The first-order chi connectivity index (χ1) is 13.1. The topological polar surface area (TPSA) is 81.5 Å². The molecule has 1 aliphatic carbocycles. The van der Waals surface area contributed by atoms with E-state index in [4.69, 9.17) is 5.26 Å². The Morgan fingerprint density at radius 1 is 1.25 bits per heavy atom. The van der Waals surface area contributed by atoms with Crippen LogP contribution in [0.2, 0.25) is 0 Å². The van der Waals surface area contributed by atoms with Crippen molar-refractivity contribution in [2.45, 2.75) is 37.2 Å². The number of rotatable bonds is 1. The molecule has 1 aromatic carbocycles. The quantitative estimate of drug-likeness (QED) is 0.708. The average molecular weight is 413 g/mol. The van der Waals surface area contributed by atoms with Gasteiger partial charge in [-0.25, -0.2) is 8.42 Å². The van der Waals surface area contributed by atoms with Crippen molar-refractivity contribution in [3.63, 3.8) is 0 Å². The molecule has 4 atom stereocenters. The Hall–Kier alpha value is -2.28. The maximum Gasteiger partial charge on any atom is 0.417 e. The summed E-state index contributed by atoms with van der Waals surface area (Å²) in [6.45, 7) is 1.86. The summed E-state index contributed by atoms with van der Waals surface area (Å²) in [5.41, 5.74) is -1.78. The summed E-state index contributed by atoms with van der Waals surface area (Å²) in [5, 5.41) is 8.26. The van der Waals surface area contributed by atoms with Crippen LogP contribution in [0.4, 0.5) is 18.9 Å². The lowest BCUT2D eigenvalue weighted by Crippen LogP contribution is -2.61. The second-order valence-electron chi connectivity index (χ2n) is 7.62. The van der Waals surface area contributed by atoms with Crippen molar-refractivity contribution < 1.29 is 26.4 Å². The van der Waals surface area contributed by atoms with Crippen molar-refractivity contribution in [3.8, 4) is 6.07 Å². The summed E-state index contributed by atoms with van der Waals surface area (Å²) >= 11 is 0. The zero-order valence-corrected chi connectivity index (χ0v) is 15.8. The van der Waals surface area contributed by atoms with Crippen molar-refractivity contribution in [2.75, 3.05) is 17.4 Å². The summed E-state index contributed by atoms with van der Waals surface area (Å²) in [5.74, 6) is -0.650. The first-order valence-corrected chi connectivity index (χ1v) is 10.5. The molecule has 5 rings (SSSR count). The van der Waals surface area contributed by atoms with Gasteiger partial charge in [0.05, 0.1) is 28.1 Å². The highest BCUT2D eigenvalue weighted by molar-refractivity contribution is 7.93. The van der Waals surface area contributed by atoms with Crippen LogP contribution in [-0.2, 0) is 21.0 Å². The highest BCUT2D eigenvalue weighted by Gasteiger charge is 2.59. The number of nitriles is 1. The Bertz CT molecular complexity index is 986. The van der Waals surface area contributed by atoms with E-state index < -0.39 is 32.6 Å². The van der Waals surface area contributed by atoms with E-state index in [1.165, 1.54) is 19.1 Å². The van der Waals surface area contributed by atoms with Crippen LogP contribution in [0.5, 0.6) is 0 Å². The van der Waals surface area contributed by atoms with Gasteiger partial charge < -0.3 is 4.90 Å². The molecule has 10 heteroatoms. The SMILES string of the molecule is CC(=O)N1C[C@H]2CC[C@@H]1[C@@H]1CN(c3ccc(C#N)c(C(F)(F)F)c3)S(=O)(=O)[C@H]21. The van der Waals surface area contributed by atoms with E-state index in [0.29, 0.717) is 19.4 Å². The van der Waals surface area contributed by atoms with E-state index in [9.17, 15) is 26.4 Å². The van der Waals surface area contributed by atoms with Gasteiger partial charge in [0.25, 0.3) is 0 Å². The second kappa shape index (κ2) is 6.11. The number of alkyl halides is 3. The zero-order valence-electron chi connectivity index (χ0n) is 15.0. The molecule has 3 saturated heterocycles. The van der Waals surface area contributed by atoms with Crippen LogP contribution in [0.1, 0.15) is 30.9 Å². The van der Waals surface area contributed by atoms with E-state index in [-0.39, 0.29) is 36.0 Å². The minimum atomic E-state index is -4.76.